The van der Waals surface area contributed by atoms with E-state index in [0.717, 1.165) is 10.2 Å². The van der Waals surface area contributed by atoms with Crippen molar-refractivity contribution in [2.75, 3.05) is 27.4 Å². The molecule has 4 heteroatoms. The summed E-state index contributed by atoms with van der Waals surface area (Å²) in [6, 6.07) is 6.77. The number of hydrogen-bond donors (Lipinski definition) is 1. The minimum atomic E-state index is 0.411. The first-order valence-electron chi connectivity index (χ1n) is 7.08. The van der Waals surface area contributed by atoms with Crippen molar-refractivity contribution in [2.24, 2.45) is 11.3 Å². The van der Waals surface area contributed by atoms with Crippen molar-refractivity contribution in [3.63, 3.8) is 0 Å². The molecule has 1 fully saturated rings. The van der Waals surface area contributed by atoms with E-state index in [1.807, 2.05) is 13.1 Å². The normalized spacial score (nSPS) is 21.6. The summed E-state index contributed by atoms with van der Waals surface area (Å²) in [6.07, 6.45) is 1.28. The fraction of sp³-hybridized carbons (Fsp3) is 0.625. The van der Waals surface area contributed by atoms with Gasteiger partial charge < -0.3 is 14.8 Å². The van der Waals surface area contributed by atoms with Crippen LogP contribution in [0, 0.1) is 11.3 Å². The van der Waals surface area contributed by atoms with Crippen LogP contribution < -0.4 is 10.1 Å². The minimum Gasteiger partial charge on any atom is -0.490 e. The number of hydrogen-bond acceptors (Lipinski definition) is 3. The lowest BCUT2D eigenvalue weighted by atomic mass is 9.97. The van der Waals surface area contributed by atoms with Crippen molar-refractivity contribution < 1.29 is 9.47 Å². The summed E-state index contributed by atoms with van der Waals surface area (Å²) in [7, 11) is 3.71. The van der Waals surface area contributed by atoms with Crippen molar-refractivity contribution in [3.05, 3.63) is 28.2 Å². The topological polar surface area (TPSA) is 30.5 Å². The highest BCUT2D eigenvalue weighted by molar-refractivity contribution is 9.10. The Kier molecular flexibility index (Phi) is 5.10. The van der Waals surface area contributed by atoms with Crippen LogP contribution in [-0.4, -0.2) is 27.4 Å². The highest BCUT2D eigenvalue weighted by atomic mass is 79.9. The zero-order valence-corrected chi connectivity index (χ0v) is 14.3. The van der Waals surface area contributed by atoms with Crippen LogP contribution in [0.5, 0.6) is 5.75 Å². The summed E-state index contributed by atoms with van der Waals surface area (Å²) >= 11 is 3.60. The van der Waals surface area contributed by atoms with Crippen molar-refractivity contribution in [1.82, 2.24) is 5.32 Å². The molecule has 2 rings (SSSR count). The van der Waals surface area contributed by atoms with Gasteiger partial charge in [0.25, 0.3) is 0 Å². The Bertz CT molecular complexity index is 462. The number of methoxy groups -OCH3 is 1. The summed E-state index contributed by atoms with van der Waals surface area (Å²) in [5.74, 6) is 1.58. The molecule has 20 heavy (non-hydrogen) atoms. The third-order valence-electron chi connectivity index (χ3n) is 4.16. The van der Waals surface area contributed by atoms with E-state index < -0.39 is 0 Å². The first kappa shape index (κ1) is 15.8. The van der Waals surface area contributed by atoms with Gasteiger partial charge >= 0.3 is 0 Å². The van der Waals surface area contributed by atoms with Gasteiger partial charge in [-0.15, -0.1) is 0 Å². The van der Waals surface area contributed by atoms with E-state index in [9.17, 15) is 0 Å². The Morgan fingerprint density at radius 3 is 2.60 bits per heavy atom. The third kappa shape index (κ3) is 3.54. The SMILES string of the molecule is CNC(c1ccc(OCCOC)c(Br)c1)C1CC1(C)C. The van der Waals surface area contributed by atoms with E-state index >= 15 is 0 Å². The molecule has 1 aromatic carbocycles. The van der Waals surface area contributed by atoms with Crippen molar-refractivity contribution in [1.29, 1.82) is 0 Å². The van der Waals surface area contributed by atoms with Crippen LogP contribution in [0.1, 0.15) is 31.9 Å². The van der Waals surface area contributed by atoms with Crippen LogP contribution in [-0.2, 0) is 4.74 Å². The van der Waals surface area contributed by atoms with Gasteiger partial charge in [-0.05, 0) is 58.4 Å². The number of benzene rings is 1. The van der Waals surface area contributed by atoms with Crippen LogP contribution in [0.3, 0.4) is 0 Å². The summed E-state index contributed by atoms with van der Waals surface area (Å²) in [5, 5.41) is 3.45. The van der Waals surface area contributed by atoms with Crippen molar-refractivity contribution >= 4 is 15.9 Å². The number of halogens is 1. The average Bonchev–Trinajstić information content (AvgIpc) is 3.02. The lowest BCUT2D eigenvalue weighted by Gasteiger charge is -2.19. The Labute approximate surface area is 130 Å². The van der Waals surface area contributed by atoms with Gasteiger partial charge in [-0.3, -0.25) is 0 Å². The minimum absolute atomic E-state index is 0.411. The summed E-state index contributed by atoms with van der Waals surface area (Å²) in [4.78, 5) is 0. The molecule has 112 valence electrons. The third-order valence-corrected chi connectivity index (χ3v) is 4.78. The molecule has 3 nitrogen and oxygen atoms in total. The fourth-order valence-electron chi connectivity index (χ4n) is 2.74. The molecule has 1 saturated carbocycles. The molecule has 0 radical (unpaired) electrons. The van der Waals surface area contributed by atoms with E-state index in [-0.39, 0.29) is 0 Å². The predicted octanol–water partition coefficient (Wildman–Crippen LogP) is 3.78. The second-order valence-corrected chi connectivity index (χ2v) is 6.95. The molecule has 0 heterocycles. The molecule has 1 aliphatic rings. The zero-order valence-electron chi connectivity index (χ0n) is 12.7. The highest BCUT2D eigenvalue weighted by Gasteiger charge is 2.50. The van der Waals surface area contributed by atoms with E-state index in [1.54, 1.807) is 7.11 Å². The first-order chi connectivity index (χ1) is 9.49. The standard InChI is InChI=1S/C16H24BrNO2/c1-16(2)10-12(16)15(18-3)11-5-6-14(13(17)9-11)20-8-7-19-4/h5-6,9,12,15,18H,7-8,10H2,1-4H3. The molecule has 0 aromatic heterocycles. The van der Waals surface area contributed by atoms with E-state index in [0.29, 0.717) is 30.6 Å². The van der Waals surface area contributed by atoms with Crippen LogP contribution >= 0.6 is 15.9 Å². The van der Waals surface area contributed by atoms with Crippen LogP contribution in [0.2, 0.25) is 0 Å². The predicted molar refractivity (Wildman–Crippen MR) is 85.2 cm³/mol. The van der Waals surface area contributed by atoms with Gasteiger partial charge in [0.1, 0.15) is 12.4 Å². The van der Waals surface area contributed by atoms with Crippen molar-refractivity contribution in [3.8, 4) is 5.75 Å². The maximum absolute atomic E-state index is 5.67. The van der Waals surface area contributed by atoms with Gasteiger partial charge in [-0.25, -0.2) is 0 Å². The Balaban J connectivity index is 2.07. The molecule has 1 N–H and O–H groups in total. The molecule has 0 bridgehead atoms. The molecule has 0 spiro atoms. The average molecular weight is 342 g/mol. The molecule has 0 amide bonds. The largest absolute Gasteiger partial charge is 0.490 e. The summed E-state index contributed by atoms with van der Waals surface area (Å²) in [6.45, 7) is 5.84. The molecule has 0 saturated heterocycles. The van der Waals surface area contributed by atoms with Crippen LogP contribution in [0.15, 0.2) is 22.7 Å². The number of ether oxygens (including phenoxy) is 2. The monoisotopic (exact) mass is 341 g/mol. The summed E-state index contributed by atoms with van der Waals surface area (Å²) in [5.41, 5.74) is 1.77. The lowest BCUT2D eigenvalue weighted by molar-refractivity contribution is 0.146. The number of rotatable bonds is 7. The fourth-order valence-corrected chi connectivity index (χ4v) is 3.25. The van der Waals surface area contributed by atoms with E-state index in [1.165, 1.54) is 12.0 Å². The highest BCUT2D eigenvalue weighted by Crippen LogP contribution is 2.57. The summed E-state index contributed by atoms with van der Waals surface area (Å²) < 4.78 is 11.7. The van der Waals surface area contributed by atoms with Gasteiger partial charge in [0.2, 0.25) is 0 Å². The zero-order chi connectivity index (χ0) is 14.8. The molecular weight excluding hydrogens is 318 g/mol. The Hall–Kier alpha value is -0.580. The van der Waals surface area contributed by atoms with E-state index in [4.69, 9.17) is 9.47 Å². The second-order valence-electron chi connectivity index (χ2n) is 6.10. The van der Waals surface area contributed by atoms with Crippen LogP contribution in [0.25, 0.3) is 0 Å². The molecule has 1 aromatic rings. The van der Waals surface area contributed by atoms with Crippen molar-refractivity contribution in [2.45, 2.75) is 26.3 Å². The van der Waals surface area contributed by atoms with Gasteiger partial charge in [0, 0.05) is 13.2 Å². The number of nitrogens with one attached hydrogen (secondary N) is 1. The molecule has 2 atom stereocenters. The van der Waals surface area contributed by atoms with Gasteiger partial charge in [0.15, 0.2) is 0 Å². The Morgan fingerprint density at radius 2 is 2.10 bits per heavy atom. The van der Waals surface area contributed by atoms with Gasteiger partial charge in [-0.2, -0.15) is 0 Å². The van der Waals surface area contributed by atoms with E-state index in [2.05, 4.69) is 47.2 Å². The van der Waals surface area contributed by atoms with Gasteiger partial charge in [-0.1, -0.05) is 19.9 Å². The quantitative estimate of drug-likeness (QED) is 0.765. The molecular formula is C16H24BrNO2. The Morgan fingerprint density at radius 1 is 1.40 bits per heavy atom. The molecule has 1 aliphatic carbocycles. The maximum Gasteiger partial charge on any atom is 0.133 e. The van der Waals surface area contributed by atoms with Gasteiger partial charge in [0.05, 0.1) is 11.1 Å². The van der Waals surface area contributed by atoms with Crippen LogP contribution in [0.4, 0.5) is 0 Å². The maximum atomic E-state index is 5.67. The lowest BCUT2D eigenvalue weighted by Crippen LogP contribution is -2.20. The molecule has 0 aliphatic heterocycles. The second kappa shape index (κ2) is 6.46. The molecule has 2 unspecified atom stereocenters. The smallest absolute Gasteiger partial charge is 0.133 e. The first-order valence-corrected chi connectivity index (χ1v) is 7.87.